The van der Waals surface area contributed by atoms with E-state index in [-0.39, 0.29) is 80.6 Å². The van der Waals surface area contributed by atoms with Crippen LogP contribution in [0.2, 0.25) is 0 Å². The lowest BCUT2D eigenvalue weighted by Crippen LogP contribution is -2.61. The Kier molecular flexibility index (Phi) is 24.9. The Bertz CT molecular complexity index is 3270. The predicted molar refractivity (Wildman–Crippen MR) is 351 cm³/mol. The number of carboxylic acid groups (broad SMARTS) is 1. The van der Waals surface area contributed by atoms with Crippen LogP contribution in [0.4, 0.5) is 15.3 Å². The minimum atomic E-state index is -1.10. The molecule has 2 unspecified atom stereocenters. The van der Waals surface area contributed by atoms with Crippen molar-refractivity contribution < 1.29 is 53.0 Å². The Balaban J connectivity index is 1.03. The number of hydrogen-bond acceptors (Lipinski definition) is 12. The molecule has 0 bridgehead atoms. The maximum absolute atomic E-state index is 14.5. The van der Waals surface area contributed by atoms with Crippen LogP contribution in [0.3, 0.4) is 0 Å². The second-order valence-electron chi connectivity index (χ2n) is 26.2. The van der Waals surface area contributed by atoms with Gasteiger partial charge in [0.2, 0.25) is 35.4 Å². The summed E-state index contributed by atoms with van der Waals surface area (Å²) >= 11 is 0. The van der Waals surface area contributed by atoms with Gasteiger partial charge in [-0.15, -0.1) is 0 Å². The zero-order chi connectivity index (χ0) is 67.1. The van der Waals surface area contributed by atoms with E-state index in [9.17, 15) is 48.3 Å². The fraction of sp³-hybridized carbons (Fsp3) is 0.493. The summed E-state index contributed by atoms with van der Waals surface area (Å²) in [6.45, 7) is 18.9. The van der Waals surface area contributed by atoms with Crippen molar-refractivity contribution in [2.24, 2.45) is 28.4 Å². The van der Waals surface area contributed by atoms with Crippen LogP contribution in [-0.2, 0) is 51.5 Å². The molecule has 2 aromatic rings. The number of nitrogens with one attached hydrogen (secondary N) is 7. The molecular formula is C69H95N11O11. The van der Waals surface area contributed by atoms with E-state index in [1.54, 1.807) is 63.2 Å². The lowest BCUT2D eigenvalue weighted by Gasteiger charge is -2.40. The molecule has 0 saturated carbocycles. The molecule has 2 aliphatic carbocycles. The molecule has 0 fully saturated rings. The molecule has 10 N–H and O–H groups in total. The highest BCUT2D eigenvalue weighted by atomic mass is 16.5. The Morgan fingerprint density at radius 2 is 1.55 bits per heavy atom. The molecule has 4 aliphatic rings. The third-order valence-corrected chi connectivity index (χ3v) is 17.1. The molecule has 2 aliphatic heterocycles. The number of carboxylic acids is 1. The van der Waals surface area contributed by atoms with Crippen molar-refractivity contribution in [1.82, 2.24) is 46.6 Å². The fourth-order valence-corrected chi connectivity index (χ4v) is 11.8. The quantitative estimate of drug-likeness (QED) is 0.0310. The maximum Gasteiger partial charge on any atom is 0.407 e. The van der Waals surface area contributed by atoms with Crippen LogP contribution in [0, 0.1) is 22.7 Å². The van der Waals surface area contributed by atoms with Gasteiger partial charge in [-0.25, -0.2) is 14.4 Å². The normalized spacial score (nSPS) is 17.6. The first-order valence-electron chi connectivity index (χ1n) is 31.3. The van der Waals surface area contributed by atoms with Crippen molar-refractivity contribution in [1.29, 1.82) is 0 Å². The van der Waals surface area contributed by atoms with Crippen molar-refractivity contribution in [2.45, 2.75) is 164 Å². The van der Waals surface area contributed by atoms with Crippen LogP contribution in [-0.4, -0.2) is 144 Å². The van der Waals surface area contributed by atoms with Crippen LogP contribution in [0.5, 0.6) is 0 Å². The third kappa shape index (κ3) is 19.1. The van der Waals surface area contributed by atoms with Crippen molar-refractivity contribution in [3.8, 4) is 0 Å². The minimum Gasteiger partial charge on any atom is -0.478 e. The first-order chi connectivity index (χ1) is 42.9. The van der Waals surface area contributed by atoms with Gasteiger partial charge in [-0.3, -0.25) is 28.8 Å². The van der Waals surface area contributed by atoms with E-state index in [1.807, 2.05) is 104 Å². The van der Waals surface area contributed by atoms with Gasteiger partial charge >= 0.3 is 18.1 Å². The van der Waals surface area contributed by atoms with Gasteiger partial charge in [-0.05, 0) is 114 Å². The minimum absolute atomic E-state index is 0.0202. The van der Waals surface area contributed by atoms with Gasteiger partial charge in [-0.2, -0.15) is 0 Å². The number of amides is 9. The highest BCUT2D eigenvalue weighted by Gasteiger charge is 2.46. The summed E-state index contributed by atoms with van der Waals surface area (Å²) in [5, 5.41) is 29.7. The highest BCUT2D eigenvalue weighted by Crippen LogP contribution is 2.45. The Hall–Kier alpha value is -8.79. The second-order valence-corrected chi connectivity index (χ2v) is 26.2. The number of likely N-dealkylation sites (N-methyl/N-ethyl adjacent to an activating group) is 3. The van der Waals surface area contributed by atoms with E-state index < -0.39 is 82.8 Å². The Morgan fingerprint density at radius 3 is 2.20 bits per heavy atom. The van der Waals surface area contributed by atoms with E-state index in [0.717, 1.165) is 45.5 Å². The molecule has 22 nitrogen and oxygen atoms in total. The third-order valence-electron chi connectivity index (χ3n) is 17.1. The van der Waals surface area contributed by atoms with Gasteiger partial charge < -0.3 is 67.5 Å². The largest absolute Gasteiger partial charge is 0.478 e. The summed E-state index contributed by atoms with van der Waals surface area (Å²) in [6, 6.07) is 9.29. The van der Waals surface area contributed by atoms with Crippen molar-refractivity contribution >= 4 is 65.3 Å². The number of benzene rings is 2. The molecule has 2 aromatic carbocycles. The van der Waals surface area contributed by atoms with Gasteiger partial charge in [0.1, 0.15) is 24.7 Å². The van der Waals surface area contributed by atoms with E-state index in [4.69, 9.17) is 10.5 Å². The van der Waals surface area contributed by atoms with Gasteiger partial charge in [-0.1, -0.05) is 141 Å². The number of ether oxygens (including phenoxy) is 1. The number of primary amides is 1. The van der Waals surface area contributed by atoms with Gasteiger partial charge in [0.15, 0.2) is 0 Å². The molecule has 0 aromatic heterocycles. The SMILES string of the molecule is CNC(C(=O)N[C@H](C(=O)N(C)[C@H](/C=C(\C)C(=O)O)C(C)C)C(C)(C)C)C(C)(C)C1=CN(C)C2CC=C(CNC(=O)OCc3ccc(NC(=O)[C@H](CCCNC(N)=O)NC(=O)[C@@H](NC(=O)CCC(=O)N4Cc5ccccc5/C=C\C5=C4CCC=C5)C(C)C)cc3)C=C12. The monoisotopic (exact) mass is 1250 g/mol. The van der Waals surface area contributed by atoms with Crippen LogP contribution in [0.25, 0.3) is 6.08 Å². The number of urea groups is 1. The van der Waals surface area contributed by atoms with Gasteiger partial charge in [0.05, 0.1) is 24.7 Å². The van der Waals surface area contributed by atoms with E-state index >= 15 is 0 Å². The van der Waals surface area contributed by atoms with Crippen molar-refractivity contribution in [2.75, 3.05) is 39.5 Å². The first-order valence-corrected chi connectivity index (χ1v) is 31.3. The smallest absolute Gasteiger partial charge is 0.407 e. The lowest BCUT2D eigenvalue weighted by atomic mass is 9.72. The number of nitrogens with two attached hydrogens (primary N) is 1. The van der Waals surface area contributed by atoms with Crippen LogP contribution in [0.1, 0.15) is 131 Å². The number of carbonyl (C=O) groups is 9. The molecule has 6 atom stereocenters. The molecule has 91 heavy (non-hydrogen) atoms. The summed E-state index contributed by atoms with van der Waals surface area (Å²) in [5.74, 6) is -4.19. The maximum atomic E-state index is 14.5. The number of nitrogens with zero attached hydrogens (tertiary/aromatic N) is 3. The molecule has 0 spiro atoms. The molecular weight excluding hydrogens is 1160 g/mol. The number of anilines is 1. The molecule has 2 heterocycles. The van der Waals surface area contributed by atoms with E-state index in [1.165, 1.54) is 11.8 Å². The highest BCUT2D eigenvalue weighted by molar-refractivity contribution is 5.99. The predicted octanol–water partition coefficient (Wildman–Crippen LogP) is 7.48. The van der Waals surface area contributed by atoms with E-state index in [2.05, 4.69) is 60.3 Å². The number of allylic oxidation sites excluding steroid dienone is 5. The molecule has 0 radical (unpaired) electrons. The standard InChI is InChI=1S/C69H95N11O11/c1-41(2)55(35-43(5)65(87)88)79(13)64(86)60(68(6,7)8)77-63(85)59(71-11)69(9,10)51-39-78(12)54-31-26-45(36-50(51)54)37-73-67(90)91-40-44-24-29-49(30-25-44)74-61(83)52(22-18-34-72-66(70)89)75-62(84)58(42(3)4)76-56(81)32-33-57(82)80-38-48-21-15-14-19-46(48)27-28-47-20-16-17-23-53(47)80/h14-16,19-21,24-30,35-36,39,41-42,52,54-55,58-60,71H,17-18,22-23,31-34,37-38,40H2,1-13H3,(H,73,90)(H,74,83)(H,75,84)(H,76,81)(H,77,85)(H,87,88)(H3,70,72,89)/b28-27-,43-35+/t52-,54?,55+,58-,59?,60+/m0/s1. The van der Waals surface area contributed by atoms with E-state index in [0.29, 0.717) is 30.6 Å². The molecule has 6 rings (SSSR count). The molecule has 9 amide bonds. The Labute approximate surface area is 535 Å². The van der Waals surface area contributed by atoms with Crippen LogP contribution >= 0.6 is 0 Å². The number of alkyl carbamates (subject to hydrolysis) is 1. The molecule has 22 heteroatoms. The summed E-state index contributed by atoms with van der Waals surface area (Å²) in [4.78, 5) is 126. The summed E-state index contributed by atoms with van der Waals surface area (Å²) in [7, 11) is 5.31. The lowest BCUT2D eigenvalue weighted by molar-refractivity contribution is -0.141. The molecule has 0 saturated heterocycles. The second kappa shape index (κ2) is 31.8. The van der Waals surface area contributed by atoms with Gasteiger partial charge in [0.25, 0.3) is 0 Å². The fourth-order valence-electron chi connectivity index (χ4n) is 11.8. The number of rotatable bonds is 27. The Morgan fingerprint density at radius 1 is 0.846 bits per heavy atom. The average Bonchev–Trinajstić information content (AvgIpc) is 1.66. The summed E-state index contributed by atoms with van der Waals surface area (Å²) in [6.07, 6.45) is 17.4. The zero-order valence-corrected chi connectivity index (χ0v) is 55.1. The number of hydrogen-bond donors (Lipinski definition) is 9. The molecule has 492 valence electrons. The average molecular weight is 1250 g/mol. The van der Waals surface area contributed by atoms with Crippen molar-refractivity contribution in [3.63, 3.8) is 0 Å². The first kappa shape index (κ1) is 71.3. The zero-order valence-electron chi connectivity index (χ0n) is 55.1. The number of aliphatic carboxylic acids is 1. The number of carbonyl (C=O) groups excluding carboxylic acids is 8. The van der Waals surface area contributed by atoms with Crippen LogP contribution in [0.15, 0.2) is 125 Å². The number of fused-ring (bicyclic) bond motifs is 2. The summed E-state index contributed by atoms with van der Waals surface area (Å²) in [5.41, 5.74) is 11.4. The topological polar surface area (TPSA) is 303 Å². The van der Waals surface area contributed by atoms with Gasteiger partial charge in [0, 0.05) is 68.6 Å². The van der Waals surface area contributed by atoms with Crippen molar-refractivity contribution in [3.05, 3.63) is 141 Å². The summed E-state index contributed by atoms with van der Waals surface area (Å²) < 4.78 is 5.59. The van der Waals surface area contributed by atoms with Crippen LogP contribution < -0.4 is 43.0 Å².